The van der Waals surface area contributed by atoms with E-state index < -0.39 is 17.6 Å². The highest BCUT2D eigenvalue weighted by atomic mass is 19.2. The molecule has 0 bridgehead atoms. The minimum absolute atomic E-state index is 0.205. The van der Waals surface area contributed by atoms with Gasteiger partial charge in [-0.25, -0.2) is 13.6 Å². The van der Waals surface area contributed by atoms with Gasteiger partial charge in [0, 0.05) is 19.2 Å². The lowest BCUT2D eigenvalue weighted by Gasteiger charge is -2.20. The molecule has 2 rings (SSSR count). The number of hydrogen-bond donors (Lipinski definition) is 1. The molecule has 0 saturated heterocycles. The first-order chi connectivity index (χ1) is 7.59. The molecule has 5 heteroatoms. The van der Waals surface area contributed by atoms with Gasteiger partial charge in [0.2, 0.25) is 0 Å². The van der Waals surface area contributed by atoms with Gasteiger partial charge in [-0.1, -0.05) is 12.2 Å². The molecule has 0 spiro atoms. The Kier molecular flexibility index (Phi) is 2.60. The number of benzene rings is 1. The molecule has 1 heterocycles. The first kappa shape index (κ1) is 10.6. The molecular formula is C11H9F2NO2. The molecule has 0 unspecified atom stereocenters. The Bertz CT molecular complexity index is 463. The standard InChI is InChI=1S/C11H9F2NO2/c12-8-5-7(11(15)16)10(6-9(8)13)14-3-1-2-4-14/h1-2,5-6H,3-4H2,(H,15,16). The van der Waals surface area contributed by atoms with Crippen molar-refractivity contribution in [3.63, 3.8) is 0 Å². The maximum atomic E-state index is 13.1. The van der Waals surface area contributed by atoms with E-state index in [1.165, 1.54) is 0 Å². The van der Waals surface area contributed by atoms with E-state index in [2.05, 4.69) is 0 Å². The minimum Gasteiger partial charge on any atom is -0.478 e. The van der Waals surface area contributed by atoms with Gasteiger partial charge >= 0.3 is 5.97 Å². The zero-order chi connectivity index (χ0) is 11.7. The minimum atomic E-state index is -1.26. The van der Waals surface area contributed by atoms with Crippen molar-refractivity contribution in [1.29, 1.82) is 0 Å². The summed E-state index contributed by atoms with van der Waals surface area (Å²) < 4.78 is 26.0. The van der Waals surface area contributed by atoms with Crippen LogP contribution in [0.1, 0.15) is 10.4 Å². The lowest BCUT2D eigenvalue weighted by atomic mass is 10.1. The Morgan fingerprint density at radius 1 is 1.19 bits per heavy atom. The van der Waals surface area contributed by atoms with Crippen LogP contribution in [0.4, 0.5) is 14.5 Å². The lowest BCUT2D eigenvalue weighted by molar-refractivity contribution is 0.0697. The Labute approximate surface area is 90.6 Å². The van der Waals surface area contributed by atoms with Crippen LogP contribution in [0.5, 0.6) is 0 Å². The molecule has 0 saturated carbocycles. The monoisotopic (exact) mass is 225 g/mol. The van der Waals surface area contributed by atoms with Crippen LogP contribution in [-0.2, 0) is 0 Å². The molecule has 0 aromatic heterocycles. The maximum absolute atomic E-state index is 13.1. The molecule has 1 aromatic rings. The number of hydrogen-bond acceptors (Lipinski definition) is 2. The second kappa shape index (κ2) is 3.92. The molecule has 84 valence electrons. The van der Waals surface area contributed by atoms with Gasteiger partial charge in [-0.3, -0.25) is 0 Å². The summed E-state index contributed by atoms with van der Waals surface area (Å²) in [5, 5.41) is 8.91. The topological polar surface area (TPSA) is 40.5 Å². The van der Waals surface area contributed by atoms with E-state index in [0.717, 1.165) is 6.07 Å². The summed E-state index contributed by atoms with van der Waals surface area (Å²) in [7, 11) is 0. The van der Waals surface area contributed by atoms with Crippen LogP contribution in [0.2, 0.25) is 0 Å². The number of carboxylic acids is 1. The maximum Gasteiger partial charge on any atom is 0.337 e. The molecule has 0 fully saturated rings. The fourth-order valence-electron chi connectivity index (χ4n) is 1.64. The molecular weight excluding hydrogens is 216 g/mol. The van der Waals surface area contributed by atoms with E-state index in [1.807, 2.05) is 12.2 Å². The molecule has 3 nitrogen and oxygen atoms in total. The molecule has 1 aliphatic heterocycles. The summed E-state index contributed by atoms with van der Waals surface area (Å²) in [6.45, 7) is 1.01. The predicted octanol–water partition coefficient (Wildman–Crippen LogP) is 2.04. The third kappa shape index (κ3) is 1.76. The molecule has 0 aliphatic carbocycles. The second-order valence-electron chi connectivity index (χ2n) is 3.47. The summed E-state index contributed by atoms with van der Waals surface area (Å²) in [6, 6.07) is 1.64. The summed E-state index contributed by atoms with van der Waals surface area (Å²) in [6.07, 6.45) is 3.68. The van der Waals surface area contributed by atoms with E-state index in [9.17, 15) is 13.6 Å². The zero-order valence-corrected chi connectivity index (χ0v) is 8.28. The summed E-state index contributed by atoms with van der Waals surface area (Å²) in [5.41, 5.74) is -0.0148. The van der Waals surface area contributed by atoms with Gasteiger partial charge in [-0.2, -0.15) is 0 Å². The van der Waals surface area contributed by atoms with Crippen LogP contribution in [0.15, 0.2) is 24.3 Å². The number of anilines is 1. The number of rotatable bonds is 2. The van der Waals surface area contributed by atoms with Crippen LogP contribution in [0.3, 0.4) is 0 Å². The number of aromatic carboxylic acids is 1. The van der Waals surface area contributed by atoms with Gasteiger partial charge in [0.1, 0.15) is 0 Å². The molecule has 0 atom stereocenters. The molecule has 0 radical (unpaired) electrons. The van der Waals surface area contributed by atoms with Gasteiger partial charge in [-0.05, 0) is 6.07 Å². The first-order valence-electron chi connectivity index (χ1n) is 4.72. The Balaban J connectivity index is 2.49. The molecule has 1 aromatic carbocycles. The predicted molar refractivity (Wildman–Crippen MR) is 54.7 cm³/mol. The first-order valence-corrected chi connectivity index (χ1v) is 4.72. The molecule has 16 heavy (non-hydrogen) atoms. The van der Waals surface area contributed by atoms with Crippen LogP contribution >= 0.6 is 0 Å². The van der Waals surface area contributed by atoms with Crippen LogP contribution < -0.4 is 4.90 Å². The zero-order valence-electron chi connectivity index (χ0n) is 8.28. The van der Waals surface area contributed by atoms with Gasteiger partial charge in [0.05, 0.1) is 11.3 Å². The highest BCUT2D eigenvalue weighted by Gasteiger charge is 2.20. The molecule has 1 N–H and O–H groups in total. The number of nitrogens with zero attached hydrogens (tertiary/aromatic N) is 1. The highest BCUT2D eigenvalue weighted by Crippen LogP contribution is 2.25. The number of halogens is 2. The van der Waals surface area contributed by atoms with Gasteiger partial charge in [0.15, 0.2) is 11.6 Å². The fraction of sp³-hybridized carbons (Fsp3) is 0.182. The Morgan fingerprint density at radius 2 is 1.75 bits per heavy atom. The third-order valence-corrected chi connectivity index (χ3v) is 2.43. The van der Waals surface area contributed by atoms with E-state index in [-0.39, 0.29) is 11.3 Å². The quantitative estimate of drug-likeness (QED) is 0.783. The average Bonchev–Trinajstić information content (AvgIpc) is 2.74. The number of carbonyl (C=O) groups is 1. The van der Waals surface area contributed by atoms with Crippen molar-refractivity contribution in [3.8, 4) is 0 Å². The Morgan fingerprint density at radius 3 is 2.31 bits per heavy atom. The summed E-state index contributed by atoms with van der Waals surface area (Å²) in [4.78, 5) is 12.6. The van der Waals surface area contributed by atoms with E-state index in [4.69, 9.17) is 5.11 Å². The Hall–Kier alpha value is -1.91. The average molecular weight is 225 g/mol. The SMILES string of the molecule is O=C(O)c1cc(F)c(F)cc1N1CC=CC1. The molecule has 0 amide bonds. The van der Waals surface area contributed by atoms with Crippen molar-refractivity contribution in [1.82, 2.24) is 0 Å². The fourth-order valence-corrected chi connectivity index (χ4v) is 1.64. The van der Waals surface area contributed by atoms with Crippen molar-refractivity contribution < 1.29 is 18.7 Å². The van der Waals surface area contributed by atoms with Crippen molar-refractivity contribution in [2.75, 3.05) is 18.0 Å². The van der Waals surface area contributed by atoms with Crippen molar-refractivity contribution in [3.05, 3.63) is 41.5 Å². The normalized spacial score (nSPS) is 14.5. The smallest absolute Gasteiger partial charge is 0.337 e. The largest absolute Gasteiger partial charge is 0.478 e. The lowest BCUT2D eigenvalue weighted by Crippen LogP contribution is -2.22. The van der Waals surface area contributed by atoms with Crippen LogP contribution in [0, 0.1) is 11.6 Å². The van der Waals surface area contributed by atoms with Gasteiger partial charge in [-0.15, -0.1) is 0 Å². The second-order valence-corrected chi connectivity index (χ2v) is 3.47. The van der Waals surface area contributed by atoms with E-state index in [1.54, 1.807) is 4.90 Å². The number of carboxylic acid groups (broad SMARTS) is 1. The molecule has 1 aliphatic rings. The highest BCUT2D eigenvalue weighted by molar-refractivity contribution is 5.94. The van der Waals surface area contributed by atoms with Crippen LogP contribution in [-0.4, -0.2) is 24.2 Å². The van der Waals surface area contributed by atoms with Gasteiger partial charge < -0.3 is 10.0 Å². The van der Waals surface area contributed by atoms with Crippen molar-refractivity contribution in [2.24, 2.45) is 0 Å². The summed E-state index contributed by atoms with van der Waals surface area (Å²) in [5.74, 6) is -3.44. The summed E-state index contributed by atoms with van der Waals surface area (Å²) >= 11 is 0. The van der Waals surface area contributed by atoms with Crippen LogP contribution in [0.25, 0.3) is 0 Å². The van der Waals surface area contributed by atoms with Crippen molar-refractivity contribution >= 4 is 11.7 Å². The van der Waals surface area contributed by atoms with Gasteiger partial charge in [0.25, 0.3) is 0 Å². The third-order valence-electron chi connectivity index (χ3n) is 2.43. The van der Waals surface area contributed by atoms with Crippen molar-refractivity contribution in [2.45, 2.75) is 0 Å². The van der Waals surface area contributed by atoms with E-state index in [0.29, 0.717) is 19.2 Å². The van der Waals surface area contributed by atoms with E-state index >= 15 is 0 Å².